The van der Waals surface area contributed by atoms with E-state index in [0.29, 0.717) is 40.7 Å². The van der Waals surface area contributed by atoms with Gasteiger partial charge in [0.15, 0.2) is 17.3 Å². The molecule has 0 spiro atoms. The highest BCUT2D eigenvalue weighted by molar-refractivity contribution is 6.51. The summed E-state index contributed by atoms with van der Waals surface area (Å²) in [6.07, 6.45) is 0. The third-order valence-corrected chi connectivity index (χ3v) is 5.47. The number of amides is 1. The summed E-state index contributed by atoms with van der Waals surface area (Å²) >= 11 is 0. The highest BCUT2D eigenvalue weighted by Gasteiger charge is 2.49. The number of aliphatic hydroxyl groups is 1. The van der Waals surface area contributed by atoms with Crippen molar-refractivity contribution in [3.63, 3.8) is 0 Å². The Balaban J connectivity index is 1.95. The number of hydrogen-bond donors (Lipinski definition) is 1. The van der Waals surface area contributed by atoms with E-state index in [1.165, 1.54) is 19.1 Å². The van der Waals surface area contributed by atoms with Crippen molar-refractivity contribution in [2.24, 2.45) is 0 Å². The van der Waals surface area contributed by atoms with E-state index in [0.717, 1.165) is 0 Å². The molecule has 0 unspecified atom stereocenters. The number of carbonyl (C=O) groups excluding carboxylic acids is 2. The quantitative estimate of drug-likeness (QED) is 0.317. The lowest BCUT2D eigenvalue weighted by molar-refractivity contribution is -0.132. The molecule has 0 saturated carbocycles. The maximum absolute atomic E-state index is 13.3. The van der Waals surface area contributed by atoms with Crippen LogP contribution in [0, 0.1) is 6.92 Å². The summed E-state index contributed by atoms with van der Waals surface area (Å²) < 4.78 is 21.6. The topological polar surface area (TPSA) is 111 Å². The molecule has 4 rings (SSSR count). The van der Waals surface area contributed by atoms with Gasteiger partial charge in [0.1, 0.15) is 23.3 Å². The van der Waals surface area contributed by atoms with Crippen molar-refractivity contribution in [2.75, 3.05) is 25.7 Å². The van der Waals surface area contributed by atoms with Crippen LogP contribution in [0.2, 0.25) is 0 Å². The van der Waals surface area contributed by atoms with Gasteiger partial charge in [0, 0.05) is 17.2 Å². The van der Waals surface area contributed by atoms with Gasteiger partial charge < -0.3 is 23.8 Å². The van der Waals surface area contributed by atoms with Crippen LogP contribution in [0.25, 0.3) is 5.76 Å². The molecule has 1 amide bonds. The number of methoxy groups -OCH3 is 2. The van der Waals surface area contributed by atoms with Gasteiger partial charge in [-0.2, -0.15) is 0 Å². The minimum absolute atomic E-state index is 0.110. The van der Waals surface area contributed by atoms with E-state index >= 15 is 0 Å². The molecule has 1 saturated heterocycles. The Hall–Kier alpha value is -4.27. The van der Waals surface area contributed by atoms with Crippen LogP contribution in [-0.2, 0) is 9.59 Å². The second-order valence-electron chi connectivity index (χ2n) is 7.50. The first-order valence-corrected chi connectivity index (χ1v) is 10.6. The Morgan fingerprint density at radius 2 is 1.85 bits per heavy atom. The SMILES string of the molecule is CCOc1ccc(C(O)=C2C(=O)C(=O)N(c3cc(C)on3)[C@@H]2c2cccc(OC)c2OC)cc1. The van der Waals surface area contributed by atoms with E-state index in [4.69, 9.17) is 18.7 Å². The molecule has 1 aromatic heterocycles. The number of aliphatic hydroxyl groups excluding tert-OH is 1. The number of benzene rings is 2. The first-order chi connectivity index (χ1) is 16.4. The van der Waals surface area contributed by atoms with Crippen molar-refractivity contribution in [3.8, 4) is 17.2 Å². The average molecular weight is 464 g/mol. The molecular formula is C25H24N2O7. The van der Waals surface area contributed by atoms with Crippen LogP contribution in [0.3, 0.4) is 0 Å². The van der Waals surface area contributed by atoms with Gasteiger partial charge >= 0.3 is 5.91 Å². The second-order valence-corrected chi connectivity index (χ2v) is 7.50. The van der Waals surface area contributed by atoms with Crippen LogP contribution < -0.4 is 19.1 Å². The standard InChI is InChI=1S/C25H24N2O7/c1-5-33-16-11-9-15(10-12-16)22(28)20-21(17-7-6-8-18(31-3)24(17)32-4)27(25(30)23(20)29)19-13-14(2)34-26-19/h6-13,21,28H,5H2,1-4H3/t21-/m1/s1. The highest BCUT2D eigenvalue weighted by Crippen LogP contribution is 2.47. The van der Waals surface area contributed by atoms with Crippen LogP contribution in [0.15, 0.2) is 58.6 Å². The normalized spacial score (nSPS) is 17.2. The molecule has 34 heavy (non-hydrogen) atoms. The fourth-order valence-corrected chi connectivity index (χ4v) is 3.99. The van der Waals surface area contributed by atoms with E-state index in [1.807, 2.05) is 6.92 Å². The van der Waals surface area contributed by atoms with Gasteiger partial charge in [-0.3, -0.25) is 14.5 Å². The number of nitrogens with zero attached hydrogens (tertiary/aromatic N) is 2. The summed E-state index contributed by atoms with van der Waals surface area (Å²) in [7, 11) is 2.94. The van der Waals surface area contributed by atoms with Crippen LogP contribution in [-0.4, -0.2) is 42.8 Å². The molecule has 0 bridgehead atoms. The highest BCUT2D eigenvalue weighted by atomic mass is 16.5. The lowest BCUT2D eigenvalue weighted by atomic mass is 9.94. The Labute approximate surface area is 196 Å². The number of ketones is 1. The van der Waals surface area contributed by atoms with Crippen molar-refractivity contribution >= 4 is 23.3 Å². The van der Waals surface area contributed by atoms with Crippen molar-refractivity contribution in [1.82, 2.24) is 5.16 Å². The second kappa shape index (κ2) is 9.30. The molecule has 1 fully saturated rings. The maximum atomic E-state index is 13.3. The Kier molecular flexibility index (Phi) is 6.27. The van der Waals surface area contributed by atoms with E-state index in [1.54, 1.807) is 55.5 Å². The molecular weight excluding hydrogens is 440 g/mol. The van der Waals surface area contributed by atoms with Crippen molar-refractivity contribution in [3.05, 3.63) is 71.0 Å². The van der Waals surface area contributed by atoms with Crippen molar-refractivity contribution in [1.29, 1.82) is 0 Å². The first kappa shape index (κ1) is 22.9. The minimum Gasteiger partial charge on any atom is -0.507 e. The van der Waals surface area contributed by atoms with E-state index in [9.17, 15) is 14.7 Å². The molecule has 1 aliphatic rings. The monoisotopic (exact) mass is 464 g/mol. The lowest BCUT2D eigenvalue weighted by Gasteiger charge is -2.25. The molecule has 176 valence electrons. The lowest BCUT2D eigenvalue weighted by Crippen LogP contribution is -2.30. The number of hydrogen-bond acceptors (Lipinski definition) is 8. The average Bonchev–Trinajstić information content (AvgIpc) is 3.39. The molecule has 1 atom stereocenters. The summed E-state index contributed by atoms with van der Waals surface area (Å²) in [5.74, 6) is -0.108. The van der Waals surface area contributed by atoms with Gasteiger partial charge in [-0.25, -0.2) is 0 Å². The van der Waals surface area contributed by atoms with Crippen molar-refractivity contribution in [2.45, 2.75) is 19.9 Å². The van der Waals surface area contributed by atoms with Gasteiger partial charge in [0.2, 0.25) is 0 Å². The Bertz CT molecular complexity index is 1260. The van der Waals surface area contributed by atoms with E-state index < -0.39 is 17.7 Å². The summed E-state index contributed by atoms with van der Waals surface area (Å²) in [5.41, 5.74) is 0.681. The first-order valence-electron chi connectivity index (χ1n) is 10.6. The molecule has 2 aromatic carbocycles. The summed E-state index contributed by atoms with van der Waals surface area (Å²) in [5, 5.41) is 15.2. The maximum Gasteiger partial charge on any atom is 0.301 e. The fraction of sp³-hybridized carbons (Fsp3) is 0.240. The number of aromatic nitrogens is 1. The van der Waals surface area contributed by atoms with Gasteiger partial charge in [0.05, 0.1) is 26.4 Å². The molecule has 9 nitrogen and oxygen atoms in total. The molecule has 9 heteroatoms. The van der Waals surface area contributed by atoms with E-state index in [2.05, 4.69) is 5.16 Å². The number of Topliss-reactive ketones (excluding diaryl/α,β-unsaturated/α-hetero) is 1. The van der Waals surface area contributed by atoms with E-state index in [-0.39, 0.29) is 17.2 Å². The number of para-hydroxylation sites is 1. The zero-order valence-electron chi connectivity index (χ0n) is 19.2. The number of carbonyl (C=O) groups is 2. The number of rotatable bonds is 7. The van der Waals surface area contributed by atoms with Crippen molar-refractivity contribution < 1.29 is 33.4 Å². The molecule has 1 aliphatic heterocycles. The molecule has 0 radical (unpaired) electrons. The van der Waals surface area contributed by atoms with Gasteiger partial charge in [-0.05, 0) is 44.2 Å². The summed E-state index contributed by atoms with van der Waals surface area (Å²) in [4.78, 5) is 27.6. The zero-order chi connectivity index (χ0) is 24.4. The number of ether oxygens (including phenoxy) is 3. The molecule has 1 N–H and O–H groups in total. The number of anilines is 1. The predicted octanol–water partition coefficient (Wildman–Crippen LogP) is 4.03. The van der Waals surface area contributed by atoms with Gasteiger partial charge in [-0.15, -0.1) is 0 Å². The third kappa shape index (κ3) is 3.85. The predicted molar refractivity (Wildman–Crippen MR) is 123 cm³/mol. The van der Waals surface area contributed by atoms with Crippen LogP contribution in [0.5, 0.6) is 17.2 Å². The van der Waals surface area contributed by atoms with Crippen LogP contribution in [0.4, 0.5) is 5.82 Å². The van der Waals surface area contributed by atoms with Crippen LogP contribution in [0.1, 0.15) is 29.9 Å². The third-order valence-electron chi connectivity index (χ3n) is 5.47. The smallest absolute Gasteiger partial charge is 0.301 e. The fourth-order valence-electron chi connectivity index (χ4n) is 3.99. The summed E-state index contributed by atoms with van der Waals surface area (Å²) in [6, 6.07) is 12.2. The zero-order valence-corrected chi connectivity index (χ0v) is 19.2. The minimum atomic E-state index is -1.04. The summed E-state index contributed by atoms with van der Waals surface area (Å²) in [6.45, 7) is 4.03. The number of aryl methyl sites for hydroxylation is 1. The van der Waals surface area contributed by atoms with Gasteiger partial charge in [0.25, 0.3) is 5.78 Å². The Morgan fingerprint density at radius 3 is 2.44 bits per heavy atom. The molecule has 2 heterocycles. The van der Waals surface area contributed by atoms with Crippen LogP contribution >= 0.6 is 0 Å². The Morgan fingerprint density at radius 1 is 1.12 bits per heavy atom. The molecule has 3 aromatic rings. The largest absolute Gasteiger partial charge is 0.507 e. The van der Waals surface area contributed by atoms with Gasteiger partial charge in [-0.1, -0.05) is 17.3 Å². The molecule has 0 aliphatic carbocycles.